The van der Waals surface area contributed by atoms with Crippen LogP contribution in [-0.4, -0.2) is 115 Å². The highest BCUT2D eigenvalue weighted by molar-refractivity contribution is 5.85. The Hall–Kier alpha value is -3.76. The lowest BCUT2D eigenvalue weighted by Crippen LogP contribution is -2.29. The average molecular weight is 703 g/mol. The van der Waals surface area contributed by atoms with E-state index in [4.69, 9.17) is 19.3 Å². The van der Waals surface area contributed by atoms with Crippen LogP contribution in [0, 0.1) is 11.8 Å². The molecule has 0 saturated carbocycles. The smallest absolute Gasteiger partial charge is 0.306 e. The predicted octanol–water partition coefficient (Wildman–Crippen LogP) is 1.94. The normalized spacial score (nSPS) is 12.1. The van der Waals surface area contributed by atoms with E-state index < -0.39 is 35.7 Å². The van der Waals surface area contributed by atoms with Crippen molar-refractivity contribution >= 4 is 47.1 Å². The average Bonchev–Trinajstić information content (AvgIpc) is 3.04. The molecule has 0 radical (unpaired) electrons. The molecule has 2 atom stereocenters. The first kappa shape index (κ1) is 45.2. The highest BCUT2D eigenvalue weighted by Crippen LogP contribution is 2.16. The number of rotatable bonds is 34. The number of aliphatic carboxylic acids is 3. The second-order valence-electron chi connectivity index (χ2n) is 11.6. The van der Waals surface area contributed by atoms with Gasteiger partial charge in [0.05, 0.1) is 38.3 Å². The number of unbranched alkanes of at least 4 members (excludes halogenated alkanes) is 1. The van der Waals surface area contributed by atoms with Crippen LogP contribution < -0.4 is 10.6 Å². The maximum absolute atomic E-state index is 12.2. The summed E-state index contributed by atoms with van der Waals surface area (Å²) in [6.45, 7) is 3.22. The fourth-order valence-electron chi connectivity index (χ4n) is 4.48. The van der Waals surface area contributed by atoms with Crippen LogP contribution in [-0.2, 0) is 52.6 Å². The first-order chi connectivity index (χ1) is 23.3. The number of hydrogen-bond acceptors (Lipinski definition) is 11. The van der Waals surface area contributed by atoms with Gasteiger partial charge in [-0.1, -0.05) is 13.3 Å². The summed E-state index contributed by atoms with van der Waals surface area (Å²) >= 11 is 0. The van der Waals surface area contributed by atoms with Crippen molar-refractivity contribution in [2.24, 2.45) is 11.8 Å². The third-order valence-corrected chi connectivity index (χ3v) is 7.31. The standard InChI is InChI=1S/C33H54N2O14/c1-2-29(39)34-14-4-3-7-24(32(43)44)21-27(37)13-17-47-16-6-9-28(38)23-49-20-19-48-18-15-35-30(40)12-11-25(33(45)46)22-26(36)8-5-10-31(41)42/h24-25H,2-23H2,1H3,(H,34,39)(H,35,40)(H,41,42)(H,43,44)(H,45,46). The Morgan fingerprint density at radius 2 is 1.12 bits per heavy atom. The quantitative estimate of drug-likeness (QED) is 0.0602. The van der Waals surface area contributed by atoms with E-state index in [-0.39, 0.29) is 127 Å². The molecule has 49 heavy (non-hydrogen) atoms. The molecule has 0 spiro atoms. The molecular formula is C33H54N2O14. The van der Waals surface area contributed by atoms with Crippen LogP contribution in [0.15, 0.2) is 0 Å². The number of hydrogen-bond donors (Lipinski definition) is 5. The second-order valence-corrected chi connectivity index (χ2v) is 11.6. The summed E-state index contributed by atoms with van der Waals surface area (Å²) in [6.07, 6.45) is 2.21. The summed E-state index contributed by atoms with van der Waals surface area (Å²) in [5.41, 5.74) is 0. The summed E-state index contributed by atoms with van der Waals surface area (Å²) in [5.74, 6) is -6.19. The third kappa shape index (κ3) is 27.8. The molecule has 0 rings (SSSR count). The van der Waals surface area contributed by atoms with Gasteiger partial charge >= 0.3 is 17.9 Å². The number of ketones is 3. The minimum absolute atomic E-state index is 0.0243. The molecule has 0 fully saturated rings. The summed E-state index contributed by atoms with van der Waals surface area (Å²) in [7, 11) is 0. The lowest BCUT2D eigenvalue weighted by atomic mass is 9.95. The number of carboxylic acid groups (broad SMARTS) is 3. The van der Waals surface area contributed by atoms with E-state index in [1.165, 1.54) is 0 Å². The van der Waals surface area contributed by atoms with Crippen LogP contribution in [0.25, 0.3) is 0 Å². The van der Waals surface area contributed by atoms with Gasteiger partial charge in [-0.2, -0.15) is 0 Å². The van der Waals surface area contributed by atoms with Gasteiger partial charge in [0.25, 0.3) is 0 Å². The monoisotopic (exact) mass is 702 g/mol. The van der Waals surface area contributed by atoms with E-state index in [1.807, 2.05) is 0 Å². The minimum atomic E-state index is -1.19. The number of ether oxygens (including phenoxy) is 3. The Balaban J connectivity index is 3.82. The molecular weight excluding hydrogens is 648 g/mol. The van der Waals surface area contributed by atoms with Gasteiger partial charge in [-0.05, 0) is 32.1 Å². The van der Waals surface area contributed by atoms with Gasteiger partial charge in [-0.15, -0.1) is 0 Å². The largest absolute Gasteiger partial charge is 0.481 e. The number of amides is 2. The lowest BCUT2D eigenvalue weighted by molar-refractivity contribution is -0.144. The number of carbonyl (C=O) groups excluding carboxylic acids is 5. The van der Waals surface area contributed by atoms with Crippen molar-refractivity contribution in [3.05, 3.63) is 0 Å². The van der Waals surface area contributed by atoms with Crippen molar-refractivity contribution < 1.29 is 67.9 Å². The first-order valence-electron chi connectivity index (χ1n) is 16.8. The molecule has 0 aromatic rings. The van der Waals surface area contributed by atoms with Gasteiger partial charge in [0, 0.05) is 71.1 Å². The summed E-state index contributed by atoms with van der Waals surface area (Å²) in [5, 5.41) is 32.6. The Bertz CT molecular complexity index is 1050. The van der Waals surface area contributed by atoms with Crippen molar-refractivity contribution in [1.82, 2.24) is 10.6 Å². The molecule has 0 aromatic carbocycles. The number of carbonyl (C=O) groups is 8. The van der Waals surface area contributed by atoms with Crippen molar-refractivity contribution in [3.8, 4) is 0 Å². The van der Waals surface area contributed by atoms with E-state index in [1.54, 1.807) is 6.92 Å². The van der Waals surface area contributed by atoms with Gasteiger partial charge < -0.3 is 40.2 Å². The van der Waals surface area contributed by atoms with Crippen LogP contribution in [0.1, 0.15) is 96.8 Å². The molecule has 16 heteroatoms. The van der Waals surface area contributed by atoms with Gasteiger partial charge in [0.2, 0.25) is 11.8 Å². The van der Waals surface area contributed by atoms with Gasteiger partial charge in [0.15, 0.2) is 5.78 Å². The zero-order valence-corrected chi connectivity index (χ0v) is 28.5. The summed E-state index contributed by atoms with van der Waals surface area (Å²) in [6, 6.07) is 0. The molecule has 0 saturated heterocycles. The summed E-state index contributed by atoms with van der Waals surface area (Å²) < 4.78 is 16.0. The van der Waals surface area contributed by atoms with Gasteiger partial charge in [-0.25, -0.2) is 0 Å². The molecule has 5 N–H and O–H groups in total. The lowest BCUT2D eigenvalue weighted by Gasteiger charge is -2.12. The molecule has 2 unspecified atom stereocenters. The molecule has 0 aliphatic heterocycles. The van der Waals surface area contributed by atoms with Crippen molar-refractivity contribution in [2.45, 2.75) is 96.8 Å². The maximum atomic E-state index is 12.2. The predicted molar refractivity (Wildman–Crippen MR) is 174 cm³/mol. The first-order valence-corrected chi connectivity index (χ1v) is 16.8. The summed E-state index contributed by atoms with van der Waals surface area (Å²) in [4.78, 5) is 92.6. The van der Waals surface area contributed by atoms with Crippen molar-refractivity contribution in [3.63, 3.8) is 0 Å². The fourth-order valence-corrected chi connectivity index (χ4v) is 4.48. The number of carboxylic acids is 3. The molecule has 16 nitrogen and oxygen atoms in total. The van der Waals surface area contributed by atoms with Crippen molar-refractivity contribution in [1.29, 1.82) is 0 Å². The molecule has 0 aliphatic rings. The highest BCUT2D eigenvalue weighted by Gasteiger charge is 2.22. The topological polar surface area (TPSA) is 249 Å². The van der Waals surface area contributed by atoms with Crippen LogP contribution in [0.3, 0.4) is 0 Å². The van der Waals surface area contributed by atoms with E-state index >= 15 is 0 Å². The van der Waals surface area contributed by atoms with Gasteiger partial charge in [-0.3, -0.25) is 38.4 Å². The molecule has 0 aromatic heterocycles. The Morgan fingerprint density at radius 1 is 0.531 bits per heavy atom. The molecule has 280 valence electrons. The van der Waals surface area contributed by atoms with E-state index in [9.17, 15) is 48.6 Å². The SMILES string of the molecule is CCC(=O)NCCCCC(CC(=O)CCOCCCC(=O)COCCOCCNC(=O)CCC(CC(=O)CCCC(=O)O)C(=O)O)C(=O)O. The number of nitrogens with one attached hydrogen (secondary N) is 2. The number of Topliss-reactive ketones (excluding diaryl/α,β-unsaturated/α-hetero) is 3. The second kappa shape index (κ2) is 29.2. The molecule has 0 aliphatic carbocycles. The van der Waals surface area contributed by atoms with Crippen LogP contribution in [0.2, 0.25) is 0 Å². The fraction of sp³-hybridized carbons (Fsp3) is 0.758. The zero-order valence-electron chi connectivity index (χ0n) is 28.5. The zero-order chi connectivity index (χ0) is 36.9. The molecule has 2 amide bonds. The Morgan fingerprint density at radius 3 is 1.78 bits per heavy atom. The maximum Gasteiger partial charge on any atom is 0.306 e. The van der Waals surface area contributed by atoms with Crippen LogP contribution >= 0.6 is 0 Å². The molecule has 0 heterocycles. The van der Waals surface area contributed by atoms with Crippen LogP contribution in [0.5, 0.6) is 0 Å². The van der Waals surface area contributed by atoms with E-state index in [2.05, 4.69) is 10.6 Å². The van der Waals surface area contributed by atoms with Crippen LogP contribution in [0.4, 0.5) is 0 Å². The highest BCUT2D eigenvalue weighted by atomic mass is 16.5. The molecule has 0 bridgehead atoms. The van der Waals surface area contributed by atoms with E-state index in [0.29, 0.717) is 38.6 Å². The van der Waals surface area contributed by atoms with Crippen molar-refractivity contribution in [2.75, 3.05) is 52.7 Å². The Labute approximate surface area is 287 Å². The third-order valence-electron chi connectivity index (χ3n) is 7.31. The van der Waals surface area contributed by atoms with Gasteiger partial charge in [0.1, 0.15) is 18.2 Å². The minimum Gasteiger partial charge on any atom is -0.481 e. The Kier molecular flexibility index (Phi) is 26.9. The van der Waals surface area contributed by atoms with E-state index in [0.717, 1.165) is 0 Å².